The molecule has 0 saturated carbocycles. The Kier molecular flexibility index (Phi) is 7.14. The SMILES string of the molecule is Cl.Cl.[CH2]=[Zr]([C]1=CC(C)=C(C)C1)[C]1=C(C)C=CC1. The van der Waals surface area contributed by atoms with E-state index in [1.54, 1.807) is 12.1 Å². The zero-order chi connectivity index (χ0) is 11.0. The van der Waals surface area contributed by atoms with Gasteiger partial charge in [-0.2, -0.15) is 0 Å². The van der Waals surface area contributed by atoms with Gasteiger partial charge in [0.15, 0.2) is 0 Å². The van der Waals surface area contributed by atoms with Crippen LogP contribution in [0, 0.1) is 0 Å². The molecule has 2 aliphatic rings. The zero-order valence-electron chi connectivity index (χ0n) is 10.7. The van der Waals surface area contributed by atoms with E-state index in [0.29, 0.717) is 0 Å². The molecule has 2 aliphatic carbocycles. The summed E-state index contributed by atoms with van der Waals surface area (Å²) >= 11 is -1.65. The van der Waals surface area contributed by atoms with E-state index in [-0.39, 0.29) is 24.8 Å². The summed E-state index contributed by atoms with van der Waals surface area (Å²) in [5, 5.41) is 0. The van der Waals surface area contributed by atoms with Gasteiger partial charge in [0.05, 0.1) is 0 Å². The summed E-state index contributed by atoms with van der Waals surface area (Å²) in [6, 6.07) is 0. The van der Waals surface area contributed by atoms with Gasteiger partial charge in [0.1, 0.15) is 0 Å². The maximum absolute atomic E-state index is 4.53. The third-order valence-corrected chi connectivity index (χ3v) is 9.39. The van der Waals surface area contributed by atoms with Crippen molar-refractivity contribution in [2.75, 3.05) is 0 Å². The Bertz CT molecular complexity index is 451. The standard InChI is InChI=1S/C7H9.C6H7.CH2.2ClH.Zr/c1-6-4-3-5-7(6)2;1-6-4-2-3-5-6;;;;/h4H,5H2,1-2H3;2,4H,3H2,1H3;1H2;2*1H;. The van der Waals surface area contributed by atoms with Gasteiger partial charge in [-0.25, -0.2) is 0 Å². The molecule has 94 valence electrons. The molecule has 0 atom stereocenters. The van der Waals surface area contributed by atoms with Crippen LogP contribution in [0.5, 0.6) is 0 Å². The molecule has 0 amide bonds. The molecule has 0 aromatic heterocycles. The van der Waals surface area contributed by atoms with Gasteiger partial charge < -0.3 is 0 Å². The molecule has 0 aromatic rings. The Morgan fingerprint density at radius 1 is 1.12 bits per heavy atom. The van der Waals surface area contributed by atoms with Gasteiger partial charge in [-0.1, -0.05) is 0 Å². The topological polar surface area (TPSA) is 0 Å². The number of hydrogen-bond acceptors (Lipinski definition) is 0. The summed E-state index contributed by atoms with van der Waals surface area (Å²) in [6.07, 6.45) is 9.36. The number of hydrogen-bond donors (Lipinski definition) is 0. The average molecular weight is 350 g/mol. The van der Waals surface area contributed by atoms with Crippen LogP contribution < -0.4 is 0 Å². The van der Waals surface area contributed by atoms with Gasteiger partial charge in [-0.05, 0) is 0 Å². The predicted octanol–water partition coefficient (Wildman–Crippen LogP) is 4.74. The van der Waals surface area contributed by atoms with Gasteiger partial charge in [0.25, 0.3) is 0 Å². The van der Waals surface area contributed by atoms with Gasteiger partial charge >= 0.3 is 101 Å². The molecule has 0 saturated heterocycles. The van der Waals surface area contributed by atoms with Crippen LogP contribution in [0.15, 0.2) is 41.5 Å². The third kappa shape index (κ3) is 3.63. The molecular formula is C14H20Cl2Zr. The first-order chi connectivity index (χ1) is 7.09. The van der Waals surface area contributed by atoms with Crippen molar-refractivity contribution in [3.05, 3.63) is 41.5 Å². The second-order valence-corrected chi connectivity index (χ2v) is 9.97. The molecule has 0 N–H and O–H groups in total. The molecule has 0 radical (unpaired) electrons. The van der Waals surface area contributed by atoms with Crippen molar-refractivity contribution >= 4 is 29.0 Å². The molecule has 2 rings (SSSR count). The summed E-state index contributed by atoms with van der Waals surface area (Å²) in [5.41, 5.74) is 4.54. The van der Waals surface area contributed by atoms with Crippen LogP contribution in [0.25, 0.3) is 0 Å². The Labute approximate surface area is 125 Å². The maximum atomic E-state index is 4.53. The molecule has 3 heteroatoms. The normalized spacial score (nSPS) is 17.9. The molecule has 0 spiro atoms. The molecule has 0 aliphatic heterocycles. The van der Waals surface area contributed by atoms with Crippen molar-refractivity contribution in [3.63, 3.8) is 0 Å². The van der Waals surface area contributed by atoms with Gasteiger partial charge in [-0.15, -0.1) is 24.8 Å². The monoisotopic (exact) mass is 348 g/mol. The summed E-state index contributed by atoms with van der Waals surface area (Å²) in [7, 11) is 0. The summed E-state index contributed by atoms with van der Waals surface area (Å²) in [4.78, 5) is 0. The van der Waals surface area contributed by atoms with Crippen molar-refractivity contribution in [3.8, 4) is 0 Å². The first-order valence-electron chi connectivity index (χ1n) is 5.52. The van der Waals surface area contributed by atoms with Crippen molar-refractivity contribution in [2.24, 2.45) is 0 Å². The second kappa shape index (κ2) is 7.02. The molecule has 0 nitrogen and oxygen atoms in total. The first-order valence-corrected chi connectivity index (χ1v) is 9.72. The molecule has 0 aromatic carbocycles. The fourth-order valence-electron chi connectivity index (χ4n) is 2.22. The van der Waals surface area contributed by atoms with Crippen LogP contribution in [-0.2, 0) is 21.3 Å². The zero-order valence-corrected chi connectivity index (χ0v) is 14.8. The van der Waals surface area contributed by atoms with Crippen LogP contribution in [0.4, 0.5) is 0 Å². The Morgan fingerprint density at radius 2 is 1.76 bits per heavy atom. The fraction of sp³-hybridized carbons (Fsp3) is 0.357. The van der Waals surface area contributed by atoms with Crippen LogP contribution in [0.3, 0.4) is 0 Å². The average Bonchev–Trinajstić information content (AvgIpc) is 2.74. The molecular weight excluding hydrogens is 330 g/mol. The Hall–Kier alpha value is 0.293. The molecule has 0 unspecified atom stereocenters. The van der Waals surface area contributed by atoms with Crippen molar-refractivity contribution in [1.82, 2.24) is 0 Å². The molecule has 17 heavy (non-hydrogen) atoms. The van der Waals surface area contributed by atoms with Crippen LogP contribution in [0.1, 0.15) is 33.6 Å². The quantitative estimate of drug-likeness (QED) is 0.675. The van der Waals surface area contributed by atoms with Crippen LogP contribution in [0.2, 0.25) is 0 Å². The molecule has 0 fully saturated rings. The summed E-state index contributed by atoms with van der Waals surface area (Å²) in [5.74, 6) is 0. The van der Waals surface area contributed by atoms with E-state index in [1.165, 1.54) is 24.0 Å². The third-order valence-electron chi connectivity index (χ3n) is 3.44. The Morgan fingerprint density at radius 3 is 2.18 bits per heavy atom. The van der Waals surface area contributed by atoms with E-state index in [2.05, 4.69) is 43.2 Å². The first kappa shape index (κ1) is 17.3. The second-order valence-electron chi connectivity index (χ2n) is 4.56. The van der Waals surface area contributed by atoms with Gasteiger partial charge in [0.2, 0.25) is 0 Å². The van der Waals surface area contributed by atoms with Gasteiger partial charge in [-0.3, -0.25) is 0 Å². The Balaban J connectivity index is 0.00000128. The van der Waals surface area contributed by atoms with Gasteiger partial charge in [0, 0.05) is 0 Å². The van der Waals surface area contributed by atoms with Crippen LogP contribution in [-0.4, -0.2) is 4.21 Å². The fourth-order valence-corrected chi connectivity index (χ4v) is 7.58. The minimum absolute atomic E-state index is 0. The number of halogens is 2. The summed E-state index contributed by atoms with van der Waals surface area (Å²) in [6.45, 7) is 6.73. The van der Waals surface area contributed by atoms with Crippen LogP contribution >= 0.6 is 24.8 Å². The number of allylic oxidation sites excluding steroid dienone is 8. The van der Waals surface area contributed by atoms with Crippen molar-refractivity contribution in [1.29, 1.82) is 0 Å². The van der Waals surface area contributed by atoms with E-state index in [1.807, 2.05) is 0 Å². The summed E-state index contributed by atoms with van der Waals surface area (Å²) < 4.78 is 7.91. The van der Waals surface area contributed by atoms with E-state index in [0.717, 1.165) is 0 Å². The van der Waals surface area contributed by atoms with E-state index >= 15 is 0 Å². The van der Waals surface area contributed by atoms with E-state index < -0.39 is 21.3 Å². The predicted molar refractivity (Wildman–Crippen MR) is 79.1 cm³/mol. The minimum atomic E-state index is -1.65. The van der Waals surface area contributed by atoms with E-state index in [4.69, 9.17) is 0 Å². The van der Waals surface area contributed by atoms with Crippen molar-refractivity contribution < 1.29 is 21.3 Å². The van der Waals surface area contributed by atoms with Crippen molar-refractivity contribution in [2.45, 2.75) is 33.6 Å². The molecule has 0 heterocycles. The molecule has 0 bridgehead atoms. The van der Waals surface area contributed by atoms with E-state index in [9.17, 15) is 0 Å². The number of rotatable bonds is 2.